The molecule has 0 radical (unpaired) electrons. The summed E-state index contributed by atoms with van der Waals surface area (Å²) < 4.78 is 11.0. The summed E-state index contributed by atoms with van der Waals surface area (Å²) in [5.41, 5.74) is 0.664. The van der Waals surface area contributed by atoms with Gasteiger partial charge in [-0.15, -0.1) is 0 Å². The van der Waals surface area contributed by atoms with Crippen LogP contribution in [0.1, 0.15) is 32.6 Å². The fourth-order valence-corrected chi connectivity index (χ4v) is 3.10. The van der Waals surface area contributed by atoms with Gasteiger partial charge in [0, 0.05) is 12.2 Å². The summed E-state index contributed by atoms with van der Waals surface area (Å²) in [4.78, 5) is 26.4. The van der Waals surface area contributed by atoms with E-state index in [0.29, 0.717) is 31.0 Å². The second kappa shape index (κ2) is 9.78. The summed E-state index contributed by atoms with van der Waals surface area (Å²) in [6.45, 7) is 2.98. The molecule has 0 saturated carbocycles. The molecule has 0 aromatic heterocycles. The Balaban J connectivity index is 1.55. The van der Waals surface area contributed by atoms with Gasteiger partial charge in [0.15, 0.2) is 0 Å². The maximum absolute atomic E-state index is 12.6. The number of carbonyl (C=O) groups excluding carboxylic acids is 2. The molecule has 2 aromatic rings. The molecule has 1 atom stereocenters. The maximum Gasteiger partial charge on any atom is 0.410 e. The minimum atomic E-state index is -0.491. The van der Waals surface area contributed by atoms with Crippen LogP contribution in [0.2, 0.25) is 0 Å². The van der Waals surface area contributed by atoms with Gasteiger partial charge in [0.05, 0.1) is 6.61 Å². The molecule has 1 saturated heterocycles. The largest absolute Gasteiger partial charge is 0.457 e. The molecule has 1 fully saturated rings. The van der Waals surface area contributed by atoms with Crippen LogP contribution in [0.4, 0.5) is 10.5 Å². The summed E-state index contributed by atoms with van der Waals surface area (Å²) in [7, 11) is 0. The van der Waals surface area contributed by atoms with E-state index < -0.39 is 12.1 Å². The molecule has 0 bridgehead atoms. The Kier molecular flexibility index (Phi) is 6.89. The number of benzene rings is 2. The van der Waals surface area contributed by atoms with E-state index in [2.05, 4.69) is 5.32 Å². The highest BCUT2D eigenvalue weighted by molar-refractivity contribution is 5.96. The van der Waals surface area contributed by atoms with Crippen molar-refractivity contribution >= 4 is 17.7 Å². The van der Waals surface area contributed by atoms with Gasteiger partial charge in [-0.05, 0) is 55.7 Å². The molecule has 0 spiro atoms. The molecule has 1 aliphatic heterocycles. The monoisotopic (exact) mass is 382 g/mol. The molecular weight excluding hydrogens is 356 g/mol. The van der Waals surface area contributed by atoms with Crippen LogP contribution in [0, 0.1) is 0 Å². The summed E-state index contributed by atoms with van der Waals surface area (Å²) in [6.07, 6.45) is 2.82. The highest BCUT2D eigenvalue weighted by atomic mass is 16.6. The van der Waals surface area contributed by atoms with Crippen molar-refractivity contribution in [2.45, 2.75) is 38.6 Å². The molecule has 2 aromatic carbocycles. The maximum atomic E-state index is 12.6. The predicted molar refractivity (Wildman–Crippen MR) is 108 cm³/mol. The van der Waals surface area contributed by atoms with E-state index in [-0.39, 0.29) is 5.91 Å². The van der Waals surface area contributed by atoms with E-state index in [9.17, 15) is 9.59 Å². The van der Waals surface area contributed by atoms with E-state index in [1.54, 1.807) is 24.3 Å². The van der Waals surface area contributed by atoms with Gasteiger partial charge in [0.2, 0.25) is 5.91 Å². The lowest BCUT2D eigenvalue weighted by atomic mass is 10.2. The Bertz CT molecular complexity index is 777. The Labute approximate surface area is 165 Å². The number of nitrogens with one attached hydrogen (secondary N) is 1. The van der Waals surface area contributed by atoms with Crippen LogP contribution in [-0.4, -0.2) is 36.1 Å². The average Bonchev–Trinajstić information content (AvgIpc) is 3.21. The molecule has 6 heteroatoms. The number of rotatable bonds is 7. The number of nitrogens with zero attached hydrogens (tertiary/aromatic N) is 1. The van der Waals surface area contributed by atoms with Crippen LogP contribution in [0.15, 0.2) is 54.6 Å². The number of hydrogen-bond donors (Lipinski definition) is 1. The van der Waals surface area contributed by atoms with Crippen molar-refractivity contribution in [2.75, 3.05) is 18.5 Å². The third kappa shape index (κ3) is 5.25. The van der Waals surface area contributed by atoms with Crippen LogP contribution in [0.3, 0.4) is 0 Å². The smallest absolute Gasteiger partial charge is 0.410 e. The molecule has 2 amide bonds. The van der Waals surface area contributed by atoms with Crippen LogP contribution < -0.4 is 10.1 Å². The second-order valence-electron chi connectivity index (χ2n) is 6.75. The number of ether oxygens (including phenoxy) is 2. The van der Waals surface area contributed by atoms with Crippen molar-refractivity contribution in [2.24, 2.45) is 0 Å². The number of carbonyl (C=O) groups is 2. The van der Waals surface area contributed by atoms with Gasteiger partial charge in [-0.2, -0.15) is 0 Å². The molecule has 0 aliphatic carbocycles. The zero-order valence-electron chi connectivity index (χ0n) is 16.1. The van der Waals surface area contributed by atoms with Crippen molar-refractivity contribution in [1.29, 1.82) is 0 Å². The molecule has 1 heterocycles. The van der Waals surface area contributed by atoms with Crippen molar-refractivity contribution in [3.05, 3.63) is 54.6 Å². The summed E-state index contributed by atoms with van der Waals surface area (Å²) in [5.74, 6) is 1.25. The van der Waals surface area contributed by atoms with Crippen LogP contribution in [0.25, 0.3) is 0 Å². The minimum absolute atomic E-state index is 0.193. The van der Waals surface area contributed by atoms with Crippen LogP contribution in [0.5, 0.6) is 11.5 Å². The van der Waals surface area contributed by atoms with Gasteiger partial charge in [-0.3, -0.25) is 9.69 Å². The van der Waals surface area contributed by atoms with Crippen molar-refractivity contribution in [3.63, 3.8) is 0 Å². The van der Waals surface area contributed by atoms with Gasteiger partial charge in [-0.1, -0.05) is 31.5 Å². The van der Waals surface area contributed by atoms with E-state index in [4.69, 9.17) is 9.47 Å². The molecular formula is C22H26N2O4. The Hall–Kier alpha value is -3.02. The molecule has 0 unspecified atom stereocenters. The van der Waals surface area contributed by atoms with Crippen molar-refractivity contribution in [1.82, 2.24) is 4.90 Å². The second-order valence-corrected chi connectivity index (χ2v) is 6.75. The number of unbranched alkanes of at least 4 members (excludes halogenated alkanes) is 1. The summed E-state index contributed by atoms with van der Waals surface area (Å²) >= 11 is 0. The van der Waals surface area contributed by atoms with Gasteiger partial charge in [0.1, 0.15) is 17.5 Å². The SMILES string of the molecule is CCCCOC(=O)N1CCC[C@H]1C(=O)Nc1ccc(Oc2ccccc2)cc1. The number of amides is 2. The lowest BCUT2D eigenvalue weighted by Gasteiger charge is -2.23. The first-order valence-electron chi connectivity index (χ1n) is 9.74. The Morgan fingerprint density at radius 1 is 1.07 bits per heavy atom. The van der Waals surface area contributed by atoms with Gasteiger partial charge in [0.25, 0.3) is 0 Å². The third-order valence-corrected chi connectivity index (χ3v) is 4.61. The highest BCUT2D eigenvalue weighted by Crippen LogP contribution is 2.24. The molecule has 1 aliphatic rings. The van der Waals surface area contributed by atoms with E-state index >= 15 is 0 Å². The summed E-state index contributed by atoms with van der Waals surface area (Å²) in [5, 5.41) is 2.88. The highest BCUT2D eigenvalue weighted by Gasteiger charge is 2.35. The average molecular weight is 382 g/mol. The molecule has 3 rings (SSSR count). The molecule has 6 nitrogen and oxygen atoms in total. The van der Waals surface area contributed by atoms with Gasteiger partial charge >= 0.3 is 6.09 Å². The Morgan fingerprint density at radius 3 is 2.50 bits per heavy atom. The molecule has 28 heavy (non-hydrogen) atoms. The lowest BCUT2D eigenvalue weighted by Crippen LogP contribution is -2.43. The van der Waals surface area contributed by atoms with Gasteiger partial charge in [-0.25, -0.2) is 4.79 Å². The van der Waals surface area contributed by atoms with Crippen LogP contribution >= 0.6 is 0 Å². The van der Waals surface area contributed by atoms with E-state index in [0.717, 1.165) is 25.0 Å². The van der Waals surface area contributed by atoms with Crippen LogP contribution in [-0.2, 0) is 9.53 Å². The summed E-state index contributed by atoms with van der Waals surface area (Å²) in [6, 6.07) is 16.2. The van der Waals surface area contributed by atoms with E-state index in [1.807, 2.05) is 37.3 Å². The Morgan fingerprint density at radius 2 is 1.79 bits per heavy atom. The first-order chi connectivity index (χ1) is 13.7. The number of hydrogen-bond acceptors (Lipinski definition) is 4. The molecule has 148 valence electrons. The predicted octanol–water partition coefficient (Wildman–Crippen LogP) is 4.82. The molecule has 1 N–H and O–H groups in total. The normalized spacial score (nSPS) is 15.9. The quantitative estimate of drug-likeness (QED) is 0.697. The minimum Gasteiger partial charge on any atom is -0.457 e. The topological polar surface area (TPSA) is 67.9 Å². The first-order valence-corrected chi connectivity index (χ1v) is 9.74. The number of para-hydroxylation sites is 1. The zero-order valence-corrected chi connectivity index (χ0v) is 16.1. The van der Waals surface area contributed by atoms with E-state index in [1.165, 1.54) is 4.90 Å². The number of anilines is 1. The number of likely N-dealkylation sites (tertiary alicyclic amines) is 1. The third-order valence-electron chi connectivity index (χ3n) is 4.61. The standard InChI is InChI=1S/C22H26N2O4/c1-2-3-16-27-22(26)24-15-7-10-20(24)21(25)23-17-11-13-19(14-12-17)28-18-8-5-4-6-9-18/h4-6,8-9,11-14,20H,2-3,7,10,15-16H2,1H3,(H,23,25)/t20-/m0/s1. The van der Waals surface area contributed by atoms with Gasteiger partial charge < -0.3 is 14.8 Å². The fraction of sp³-hybridized carbons (Fsp3) is 0.364. The fourth-order valence-electron chi connectivity index (χ4n) is 3.10. The van der Waals surface area contributed by atoms with Crippen molar-refractivity contribution in [3.8, 4) is 11.5 Å². The lowest BCUT2D eigenvalue weighted by molar-refractivity contribution is -0.120. The first kappa shape index (κ1) is 19.7. The zero-order chi connectivity index (χ0) is 19.8. The van der Waals surface area contributed by atoms with Crippen molar-refractivity contribution < 1.29 is 19.1 Å².